The van der Waals surface area contributed by atoms with Crippen LogP contribution in [0, 0.1) is 5.82 Å². The van der Waals surface area contributed by atoms with Crippen LogP contribution in [0.1, 0.15) is 16.0 Å². The molecule has 0 aliphatic carbocycles. The molecule has 1 aromatic carbocycles. The second kappa shape index (κ2) is 4.71. The maximum atomic E-state index is 13.2. The number of aliphatic hydroxyl groups excluding tert-OH is 1. The lowest BCUT2D eigenvalue weighted by molar-refractivity contribution is 0.281. The minimum atomic E-state index is -0.295. The van der Waals surface area contributed by atoms with E-state index in [4.69, 9.17) is 0 Å². The molecule has 18 heavy (non-hydrogen) atoms. The number of anilines is 1. The van der Waals surface area contributed by atoms with Gasteiger partial charge in [-0.2, -0.15) is 0 Å². The van der Waals surface area contributed by atoms with Gasteiger partial charge in [-0.25, -0.2) is 4.39 Å². The second-order valence-electron chi connectivity index (χ2n) is 4.47. The molecule has 4 heteroatoms. The zero-order chi connectivity index (χ0) is 12.5. The van der Waals surface area contributed by atoms with Crippen molar-refractivity contribution in [3.05, 3.63) is 51.5 Å². The molecule has 1 N–H and O–H groups in total. The molecule has 1 aliphatic heterocycles. The van der Waals surface area contributed by atoms with Crippen LogP contribution in [0.4, 0.5) is 10.1 Å². The molecule has 2 aromatic rings. The molecular weight excluding hydrogens is 249 g/mol. The quantitative estimate of drug-likeness (QED) is 0.900. The van der Waals surface area contributed by atoms with Gasteiger partial charge in [0, 0.05) is 29.2 Å². The molecule has 0 amide bonds. The van der Waals surface area contributed by atoms with Gasteiger partial charge >= 0.3 is 0 Å². The van der Waals surface area contributed by atoms with Crippen molar-refractivity contribution in [1.29, 1.82) is 0 Å². The normalized spacial score (nSPS) is 14.7. The van der Waals surface area contributed by atoms with Gasteiger partial charge in [0.15, 0.2) is 0 Å². The number of halogens is 1. The summed E-state index contributed by atoms with van der Waals surface area (Å²) >= 11 is 1.80. The molecule has 0 radical (unpaired) electrons. The third-order valence-electron chi connectivity index (χ3n) is 3.36. The first-order chi connectivity index (χ1) is 8.78. The molecule has 0 bridgehead atoms. The number of rotatable bonds is 2. The molecule has 2 heterocycles. The smallest absolute Gasteiger partial charge is 0.123 e. The van der Waals surface area contributed by atoms with E-state index < -0.39 is 0 Å². The fourth-order valence-corrected chi connectivity index (χ4v) is 3.33. The SMILES string of the molecule is OCc1cc(F)ccc1N1CCc2sccc2C1. The highest BCUT2D eigenvalue weighted by molar-refractivity contribution is 7.10. The third kappa shape index (κ3) is 2.02. The largest absolute Gasteiger partial charge is 0.392 e. The molecule has 0 spiro atoms. The number of hydrogen-bond acceptors (Lipinski definition) is 3. The first kappa shape index (κ1) is 11.7. The summed E-state index contributed by atoms with van der Waals surface area (Å²) in [5.41, 5.74) is 2.95. The summed E-state index contributed by atoms with van der Waals surface area (Å²) < 4.78 is 13.2. The number of hydrogen-bond donors (Lipinski definition) is 1. The molecule has 1 aromatic heterocycles. The highest BCUT2D eigenvalue weighted by Gasteiger charge is 2.19. The van der Waals surface area contributed by atoms with Crippen molar-refractivity contribution >= 4 is 17.0 Å². The maximum Gasteiger partial charge on any atom is 0.123 e. The first-order valence-electron chi connectivity index (χ1n) is 5.97. The lowest BCUT2D eigenvalue weighted by Gasteiger charge is -2.30. The summed E-state index contributed by atoms with van der Waals surface area (Å²) in [5.74, 6) is -0.295. The van der Waals surface area contributed by atoms with E-state index in [0.29, 0.717) is 5.56 Å². The molecule has 94 valence electrons. The maximum absolute atomic E-state index is 13.2. The van der Waals surface area contributed by atoms with Crippen molar-refractivity contribution in [1.82, 2.24) is 0 Å². The zero-order valence-corrected chi connectivity index (χ0v) is 10.7. The molecule has 2 nitrogen and oxygen atoms in total. The lowest BCUT2D eigenvalue weighted by atomic mass is 10.1. The molecule has 0 fully saturated rings. The predicted molar refractivity (Wildman–Crippen MR) is 71.4 cm³/mol. The molecule has 0 saturated carbocycles. The Balaban J connectivity index is 1.93. The van der Waals surface area contributed by atoms with E-state index in [1.54, 1.807) is 17.4 Å². The topological polar surface area (TPSA) is 23.5 Å². The number of aliphatic hydroxyl groups is 1. The van der Waals surface area contributed by atoms with Gasteiger partial charge in [0.2, 0.25) is 0 Å². The Kier molecular flexibility index (Phi) is 3.06. The van der Waals surface area contributed by atoms with Crippen molar-refractivity contribution in [2.24, 2.45) is 0 Å². The fraction of sp³-hybridized carbons (Fsp3) is 0.286. The number of nitrogens with zero attached hydrogens (tertiary/aromatic N) is 1. The Bertz CT molecular complexity index is 567. The van der Waals surface area contributed by atoms with Crippen LogP contribution in [0.3, 0.4) is 0 Å². The number of benzene rings is 1. The van der Waals surface area contributed by atoms with Crippen molar-refractivity contribution in [2.45, 2.75) is 19.6 Å². The molecule has 0 unspecified atom stereocenters. The minimum absolute atomic E-state index is 0.125. The molecule has 3 rings (SSSR count). The highest BCUT2D eigenvalue weighted by atomic mass is 32.1. The summed E-state index contributed by atoms with van der Waals surface area (Å²) in [6.07, 6.45) is 1.02. The van der Waals surface area contributed by atoms with E-state index in [2.05, 4.69) is 16.3 Å². The van der Waals surface area contributed by atoms with E-state index in [1.165, 1.54) is 22.6 Å². The van der Waals surface area contributed by atoms with Crippen molar-refractivity contribution in [3.63, 3.8) is 0 Å². The van der Waals surface area contributed by atoms with E-state index in [9.17, 15) is 9.50 Å². The summed E-state index contributed by atoms with van der Waals surface area (Å²) in [6.45, 7) is 1.64. The molecule has 1 aliphatic rings. The summed E-state index contributed by atoms with van der Waals surface area (Å²) in [4.78, 5) is 3.65. The molecular formula is C14H14FNOS. The lowest BCUT2D eigenvalue weighted by Crippen LogP contribution is -2.30. The number of thiophene rings is 1. The molecule has 0 saturated heterocycles. The van der Waals surface area contributed by atoms with Crippen LogP contribution < -0.4 is 4.90 Å². The van der Waals surface area contributed by atoms with Crippen molar-refractivity contribution < 1.29 is 9.50 Å². The number of fused-ring (bicyclic) bond motifs is 1. The van der Waals surface area contributed by atoms with E-state index in [1.807, 2.05) is 0 Å². The van der Waals surface area contributed by atoms with Gasteiger partial charge in [0.1, 0.15) is 5.82 Å². The summed E-state index contributed by atoms with van der Waals surface area (Å²) in [6, 6.07) is 6.78. The van der Waals surface area contributed by atoms with Crippen LogP contribution >= 0.6 is 11.3 Å². The van der Waals surface area contributed by atoms with E-state index in [0.717, 1.165) is 25.2 Å². The van der Waals surface area contributed by atoms with Crippen molar-refractivity contribution in [2.75, 3.05) is 11.4 Å². The Morgan fingerprint density at radius 2 is 2.22 bits per heavy atom. The Hall–Kier alpha value is -1.39. The zero-order valence-electron chi connectivity index (χ0n) is 9.90. The highest BCUT2D eigenvalue weighted by Crippen LogP contribution is 2.30. The monoisotopic (exact) mass is 263 g/mol. The van der Waals surface area contributed by atoms with Crippen LogP contribution in [0.5, 0.6) is 0 Å². The van der Waals surface area contributed by atoms with Gasteiger partial charge in [0.25, 0.3) is 0 Å². The van der Waals surface area contributed by atoms with Gasteiger partial charge in [-0.1, -0.05) is 0 Å². The van der Waals surface area contributed by atoms with E-state index in [-0.39, 0.29) is 12.4 Å². The summed E-state index contributed by atoms with van der Waals surface area (Å²) in [7, 11) is 0. The van der Waals surface area contributed by atoms with Gasteiger partial charge in [-0.3, -0.25) is 0 Å². The predicted octanol–water partition coefficient (Wildman–Crippen LogP) is 2.94. The van der Waals surface area contributed by atoms with Crippen LogP contribution in [-0.2, 0) is 19.6 Å². The standard InChI is InChI=1S/C14H14FNOS/c15-12-1-2-13(11(7-12)9-17)16-5-3-14-10(8-16)4-6-18-14/h1-2,4,6-7,17H,3,5,8-9H2. The van der Waals surface area contributed by atoms with Crippen LogP contribution in [0.2, 0.25) is 0 Å². The second-order valence-corrected chi connectivity index (χ2v) is 5.47. The third-order valence-corrected chi connectivity index (χ3v) is 4.38. The average molecular weight is 263 g/mol. The van der Waals surface area contributed by atoms with Gasteiger partial charge < -0.3 is 10.0 Å². The van der Waals surface area contributed by atoms with Crippen LogP contribution in [0.15, 0.2) is 29.6 Å². The van der Waals surface area contributed by atoms with Gasteiger partial charge in [-0.15, -0.1) is 11.3 Å². The Morgan fingerprint density at radius 1 is 1.33 bits per heavy atom. The van der Waals surface area contributed by atoms with Crippen LogP contribution in [0.25, 0.3) is 0 Å². The van der Waals surface area contributed by atoms with E-state index >= 15 is 0 Å². The minimum Gasteiger partial charge on any atom is -0.392 e. The summed E-state index contributed by atoms with van der Waals surface area (Å²) in [5, 5.41) is 11.5. The molecule has 0 atom stereocenters. The first-order valence-corrected chi connectivity index (χ1v) is 6.85. The fourth-order valence-electron chi connectivity index (χ4n) is 2.44. The average Bonchev–Trinajstić information content (AvgIpc) is 2.85. The van der Waals surface area contributed by atoms with Crippen molar-refractivity contribution in [3.8, 4) is 0 Å². The van der Waals surface area contributed by atoms with Gasteiger partial charge in [0.05, 0.1) is 6.61 Å². The Morgan fingerprint density at radius 3 is 3.06 bits per heavy atom. The van der Waals surface area contributed by atoms with Gasteiger partial charge in [-0.05, 0) is 41.6 Å². The van der Waals surface area contributed by atoms with Crippen LogP contribution in [-0.4, -0.2) is 11.7 Å². The Labute approximate surface area is 109 Å².